The summed E-state index contributed by atoms with van der Waals surface area (Å²) in [5.74, 6) is -0.791. The number of amides is 1. The second kappa shape index (κ2) is 9.76. The molecule has 4 aromatic carbocycles. The molecule has 0 spiro atoms. The molecule has 1 N–H and O–H groups in total. The number of nitrogens with one attached hydrogen (secondary N) is 1. The zero-order valence-corrected chi connectivity index (χ0v) is 20.5. The van der Waals surface area contributed by atoms with Gasteiger partial charge in [0.25, 0.3) is 5.91 Å². The SMILES string of the molecule is CCOC(=O)C1=C(NC(=O)c2ccccc2Br)Oc2ccc3ccccc3c2C1c1ccccc1. The summed E-state index contributed by atoms with van der Waals surface area (Å²) in [6.45, 7) is 1.94. The van der Waals surface area contributed by atoms with E-state index in [1.54, 1.807) is 25.1 Å². The highest BCUT2D eigenvalue weighted by molar-refractivity contribution is 9.10. The van der Waals surface area contributed by atoms with Crippen molar-refractivity contribution >= 4 is 38.6 Å². The molecule has 0 radical (unpaired) electrons. The zero-order valence-electron chi connectivity index (χ0n) is 19.0. The summed E-state index contributed by atoms with van der Waals surface area (Å²) in [5, 5.41) is 4.84. The molecule has 0 saturated carbocycles. The number of carbonyl (C=O) groups is 2. The van der Waals surface area contributed by atoms with E-state index >= 15 is 0 Å². The lowest BCUT2D eigenvalue weighted by Crippen LogP contribution is -2.34. The molecule has 35 heavy (non-hydrogen) atoms. The molecule has 1 amide bonds. The zero-order chi connectivity index (χ0) is 24.4. The van der Waals surface area contributed by atoms with E-state index in [0.29, 0.717) is 15.8 Å². The predicted octanol–water partition coefficient (Wildman–Crippen LogP) is 6.33. The van der Waals surface area contributed by atoms with Gasteiger partial charge in [0.2, 0.25) is 5.88 Å². The Bertz CT molecular complexity index is 1460. The minimum atomic E-state index is -0.539. The maximum absolute atomic E-state index is 13.4. The van der Waals surface area contributed by atoms with E-state index in [1.165, 1.54) is 0 Å². The fraction of sp³-hybridized carbons (Fsp3) is 0.103. The molecule has 0 saturated heterocycles. The molecule has 0 bridgehead atoms. The lowest BCUT2D eigenvalue weighted by molar-refractivity contribution is -0.139. The van der Waals surface area contributed by atoms with Crippen LogP contribution in [0.25, 0.3) is 10.8 Å². The van der Waals surface area contributed by atoms with Crippen LogP contribution >= 0.6 is 15.9 Å². The van der Waals surface area contributed by atoms with Crippen LogP contribution in [0.3, 0.4) is 0 Å². The molecule has 1 aliphatic rings. The number of hydrogen-bond acceptors (Lipinski definition) is 4. The monoisotopic (exact) mass is 527 g/mol. The van der Waals surface area contributed by atoms with Crippen molar-refractivity contribution in [3.05, 3.63) is 124 Å². The molecule has 1 atom stereocenters. The standard InChI is InChI=1S/C29H22BrNO4/c1-2-34-29(33)26-24(19-11-4-3-5-12-19)25-20-13-7-6-10-18(20)16-17-23(25)35-28(26)31-27(32)21-14-8-9-15-22(21)30/h3-17,24H,2H2,1H3,(H,31,32). The number of benzene rings is 4. The van der Waals surface area contributed by atoms with Gasteiger partial charge in [-0.25, -0.2) is 4.79 Å². The molecule has 5 nitrogen and oxygen atoms in total. The van der Waals surface area contributed by atoms with Crippen LogP contribution in [0.15, 0.2) is 107 Å². The first-order valence-electron chi connectivity index (χ1n) is 11.3. The molecular weight excluding hydrogens is 506 g/mol. The maximum atomic E-state index is 13.4. The number of halogens is 1. The van der Waals surface area contributed by atoms with E-state index in [2.05, 4.69) is 21.2 Å². The van der Waals surface area contributed by atoms with Crippen LogP contribution in [0.1, 0.15) is 34.3 Å². The van der Waals surface area contributed by atoms with Gasteiger partial charge in [0, 0.05) is 10.0 Å². The first kappa shape index (κ1) is 22.9. The van der Waals surface area contributed by atoms with E-state index < -0.39 is 17.8 Å². The summed E-state index contributed by atoms with van der Waals surface area (Å²) in [7, 11) is 0. The Balaban J connectivity index is 1.73. The largest absolute Gasteiger partial charge is 0.462 e. The van der Waals surface area contributed by atoms with Crippen molar-refractivity contribution in [1.29, 1.82) is 0 Å². The number of ether oxygens (including phenoxy) is 2. The Morgan fingerprint density at radius 1 is 0.914 bits per heavy atom. The highest BCUT2D eigenvalue weighted by Gasteiger charge is 2.38. The van der Waals surface area contributed by atoms with Gasteiger partial charge >= 0.3 is 5.97 Å². The van der Waals surface area contributed by atoms with E-state index in [-0.39, 0.29) is 18.1 Å². The van der Waals surface area contributed by atoms with Crippen LogP contribution in [-0.2, 0) is 9.53 Å². The molecule has 0 aromatic heterocycles. The maximum Gasteiger partial charge on any atom is 0.340 e. The van der Waals surface area contributed by atoms with E-state index in [1.807, 2.05) is 72.8 Å². The molecule has 5 rings (SSSR count). The predicted molar refractivity (Wildman–Crippen MR) is 138 cm³/mol. The van der Waals surface area contributed by atoms with Gasteiger partial charge < -0.3 is 9.47 Å². The summed E-state index contributed by atoms with van der Waals surface area (Å²) in [6.07, 6.45) is 0. The molecule has 1 aliphatic heterocycles. The highest BCUT2D eigenvalue weighted by atomic mass is 79.9. The van der Waals surface area contributed by atoms with Gasteiger partial charge in [0.05, 0.1) is 18.1 Å². The second-order valence-corrected chi connectivity index (χ2v) is 8.90. The second-order valence-electron chi connectivity index (χ2n) is 8.04. The third-order valence-electron chi connectivity index (χ3n) is 5.94. The van der Waals surface area contributed by atoms with Crippen LogP contribution in [0.2, 0.25) is 0 Å². The average Bonchev–Trinajstić information content (AvgIpc) is 2.88. The van der Waals surface area contributed by atoms with Crippen molar-refractivity contribution in [3.63, 3.8) is 0 Å². The van der Waals surface area contributed by atoms with Gasteiger partial charge in [-0.05, 0) is 57.4 Å². The Kier molecular flexibility index (Phi) is 6.38. The van der Waals surface area contributed by atoms with E-state index in [9.17, 15) is 9.59 Å². The van der Waals surface area contributed by atoms with Crippen LogP contribution in [0.4, 0.5) is 0 Å². The summed E-state index contributed by atoms with van der Waals surface area (Å²) in [4.78, 5) is 26.6. The van der Waals surface area contributed by atoms with Crippen molar-refractivity contribution < 1.29 is 19.1 Å². The van der Waals surface area contributed by atoms with E-state index in [0.717, 1.165) is 21.9 Å². The van der Waals surface area contributed by atoms with E-state index in [4.69, 9.17) is 9.47 Å². The van der Waals surface area contributed by atoms with Crippen molar-refractivity contribution in [2.45, 2.75) is 12.8 Å². The smallest absolute Gasteiger partial charge is 0.340 e. The highest BCUT2D eigenvalue weighted by Crippen LogP contribution is 2.46. The number of carbonyl (C=O) groups excluding carboxylic acids is 2. The van der Waals surface area contributed by atoms with Crippen molar-refractivity contribution in [2.24, 2.45) is 0 Å². The molecule has 6 heteroatoms. The molecule has 174 valence electrons. The first-order chi connectivity index (χ1) is 17.1. The van der Waals surface area contributed by atoms with Gasteiger partial charge in [0.15, 0.2) is 0 Å². The Morgan fingerprint density at radius 2 is 1.63 bits per heavy atom. The summed E-state index contributed by atoms with van der Waals surface area (Å²) in [5.41, 5.74) is 2.43. The van der Waals surface area contributed by atoms with Crippen LogP contribution in [-0.4, -0.2) is 18.5 Å². The van der Waals surface area contributed by atoms with Gasteiger partial charge in [0.1, 0.15) is 11.3 Å². The molecular formula is C29H22BrNO4. The van der Waals surface area contributed by atoms with Crippen molar-refractivity contribution in [2.75, 3.05) is 6.61 Å². The number of fused-ring (bicyclic) bond motifs is 3. The van der Waals surface area contributed by atoms with Crippen molar-refractivity contribution in [1.82, 2.24) is 5.32 Å². The summed E-state index contributed by atoms with van der Waals surface area (Å²) in [6, 6.07) is 28.6. The van der Waals surface area contributed by atoms with Crippen LogP contribution < -0.4 is 10.1 Å². The van der Waals surface area contributed by atoms with Crippen LogP contribution in [0.5, 0.6) is 5.75 Å². The third-order valence-corrected chi connectivity index (χ3v) is 6.63. The fourth-order valence-corrected chi connectivity index (χ4v) is 4.87. The first-order valence-corrected chi connectivity index (χ1v) is 12.1. The van der Waals surface area contributed by atoms with Gasteiger partial charge in [-0.15, -0.1) is 0 Å². The normalized spacial score (nSPS) is 14.7. The summed E-state index contributed by atoms with van der Waals surface area (Å²) >= 11 is 3.42. The number of esters is 1. The molecule has 0 aliphatic carbocycles. The topological polar surface area (TPSA) is 64.6 Å². The van der Waals surface area contributed by atoms with Crippen LogP contribution in [0, 0.1) is 0 Å². The Hall–Kier alpha value is -3.90. The lowest BCUT2D eigenvalue weighted by atomic mass is 9.80. The molecule has 0 fully saturated rings. The minimum absolute atomic E-state index is 0.0702. The summed E-state index contributed by atoms with van der Waals surface area (Å²) < 4.78 is 12.3. The quantitative estimate of drug-likeness (QED) is 0.308. The molecule has 1 heterocycles. The lowest BCUT2D eigenvalue weighted by Gasteiger charge is -2.31. The number of rotatable bonds is 5. The Labute approximate surface area is 211 Å². The fourth-order valence-electron chi connectivity index (χ4n) is 4.41. The molecule has 1 unspecified atom stereocenters. The van der Waals surface area contributed by atoms with Gasteiger partial charge in [-0.2, -0.15) is 0 Å². The molecule has 4 aromatic rings. The van der Waals surface area contributed by atoms with Gasteiger partial charge in [-0.1, -0.05) is 72.8 Å². The number of hydrogen-bond donors (Lipinski definition) is 1. The van der Waals surface area contributed by atoms with Gasteiger partial charge in [-0.3, -0.25) is 10.1 Å². The Morgan fingerprint density at radius 3 is 2.40 bits per heavy atom. The minimum Gasteiger partial charge on any atom is -0.462 e. The average molecular weight is 528 g/mol. The third kappa shape index (κ3) is 4.33. The van der Waals surface area contributed by atoms with Crippen molar-refractivity contribution in [3.8, 4) is 5.75 Å².